The molecule has 22 heavy (non-hydrogen) atoms. The maximum Gasteiger partial charge on any atom is 0.319 e. The molecular weight excluding hydrogens is 380 g/mol. The van der Waals surface area contributed by atoms with Gasteiger partial charge in [-0.25, -0.2) is 0 Å². The van der Waals surface area contributed by atoms with Gasteiger partial charge < -0.3 is 0 Å². The van der Waals surface area contributed by atoms with E-state index in [4.69, 9.17) is 0 Å². The molecule has 0 saturated heterocycles. The third-order valence-electron chi connectivity index (χ3n) is 3.63. The largest absolute Gasteiger partial charge is 0.319 e. The van der Waals surface area contributed by atoms with E-state index in [1.807, 2.05) is 4.57 Å². The number of aromatic nitrogens is 1. The molecule has 0 radical (unpaired) electrons. The summed E-state index contributed by atoms with van der Waals surface area (Å²) in [6.45, 7) is 6.17. The van der Waals surface area contributed by atoms with E-state index in [1.165, 1.54) is 72.0 Å². The van der Waals surface area contributed by atoms with E-state index in [9.17, 15) is 4.79 Å². The molecule has 0 unspecified atom stereocenters. The van der Waals surface area contributed by atoms with Crippen molar-refractivity contribution in [3.8, 4) is 0 Å². The van der Waals surface area contributed by atoms with E-state index >= 15 is 0 Å². The summed E-state index contributed by atoms with van der Waals surface area (Å²) >= 11 is 0. The van der Waals surface area contributed by atoms with Gasteiger partial charge in [0.05, 0.1) is 0 Å². The first-order chi connectivity index (χ1) is 10.3. The van der Waals surface area contributed by atoms with Gasteiger partial charge in [-0.2, -0.15) is 0 Å². The summed E-state index contributed by atoms with van der Waals surface area (Å²) in [5.74, 6) is 0. The van der Waals surface area contributed by atoms with Crippen LogP contribution in [0.1, 0.15) is 78.1 Å². The highest BCUT2D eigenvalue weighted by molar-refractivity contribution is 8.93. The molecule has 1 rings (SSSR count). The summed E-state index contributed by atoms with van der Waals surface area (Å²) < 4.78 is 1.88. The average Bonchev–Trinajstić information content (AvgIpc) is 2.83. The topological polar surface area (TPSA) is 34.4 Å². The van der Waals surface area contributed by atoms with E-state index in [-0.39, 0.29) is 21.9 Å². The molecule has 0 amide bonds. The molecule has 0 N–H and O–H groups in total. The second kappa shape index (κ2) is 14.6. The fourth-order valence-electron chi connectivity index (χ4n) is 2.30. The van der Waals surface area contributed by atoms with E-state index in [0.29, 0.717) is 0 Å². The fourth-order valence-corrected chi connectivity index (χ4v) is 4.32. The lowest BCUT2D eigenvalue weighted by atomic mass is 10.1. The highest BCUT2D eigenvalue weighted by Crippen LogP contribution is 2.04. The highest BCUT2D eigenvalue weighted by atomic mass is 79.9. The molecule has 0 spiro atoms. The van der Waals surface area contributed by atoms with Gasteiger partial charge in [-0.3, -0.25) is 14.4 Å². The summed E-state index contributed by atoms with van der Waals surface area (Å²) in [7, 11) is 2.86. The Morgan fingerprint density at radius 1 is 0.864 bits per heavy atom. The number of rotatable bonds is 12. The van der Waals surface area contributed by atoms with Gasteiger partial charge in [0.25, 0.3) is 0 Å². The molecule has 0 aromatic carbocycles. The molecule has 130 valence electrons. The first-order valence-electron chi connectivity index (χ1n) is 8.50. The van der Waals surface area contributed by atoms with E-state index in [0.717, 1.165) is 30.7 Å². The van der Waals surface area contributed by atoms with Gasteiger partial charge in [0.2, 0.25) is 0 Å². The molecule has 0 aliphatic carbocycles. The zero-order valence-electron chi connectivity index (χ0n) is 14.0. The first kappa shape index (κ1) is 22.1. The summed E-state index contributed by atoms with van der Waals surface area (Å²) in [5, 5.41) is 0. The Morgan fingerprint density at radius 3 is 2.09 bits per heavy atom. The quantitative estimate of drug-likeness (QED) is 0.335. The van der Waals surface area contributed by atoms with Gasteiger partial charge in [-0.05, 0) is 33.5 Å². The van der Waals surface area contributed by atoms with Crippen molar-refractivity contribution >= 4 is 37.7 Å². The maximum atomic E-state index is 11.9. The molecule has 3 nitrogen and oxygen atoms in total. The highest BCUT2D eigenvalue weighted by Gasteiger charge is 2.02. The van der Waals surface area contributed by atoms with Crippen LogP contribution in [0.3, 0.4) is 0 Å². The van der Waals surface area contributed by atoms with Crippen LogP contribution in [-0.2, 0) is 6.54 Å². The Balaban J connectivity index is 0.00000441. The molecule has 1 aromatic rings. The van der Waals surface area contributed by atoms with Gasteiger partial charge in [0, 0.05) is 13.1 Å². The van der Waals surface area contributed by atoms with Gasteiger partial charge in [0.15, 0.2) is 4.80 Å². The van der Waals surface area contributed by atoms with Crippen molar-refractivity contribution in [2.45, 2.75) is 84.6 Å². The number of hydrogen-bond acceptors (Lipinski definition) is 4. The van der Waals surface area contributed by atoms with Crippen LogP contribution in [0.4, 0.5) is 0 Å². The lowest BCUT2D eigenvalue weighted by Crippen LogP contribution is -2.25. The van der Waals surface area contributed by atoms with Crippen molar-refractivity contribution < 1.29 is 0 Å². The number of hydrogen-bond donors (Lipinski definition) is 0. The van der Waals surface area contributed by atoms with E-state index in [1.54, 1.807) is 0 Å². The Morgan fingerprint density at radius 2 is 1.45 bits per heavy atom. The van der Waals surface area contributed by atoms with Crippen LogP contribution in [0.25, 0.3) is 0 Å². The smallest absolute Gasteiger partial charge is 0.275 e. The lowest BCUT2D eigenvalue weighted by molar-refractivity contribution is 0.552. The molecule has 0 aliphatic heterocycles. The molecular formula is C16H31BrN2OS2. The van der Waals surface area contributed by atoms with Gasteiger partial charge in [0.1, 0.15) is 0 Å². The van der Waals surface area contributed by atoms with Crippen LogP contribution in [0.2, 0.25) is 0 Å². The zero-order valence-corrected chi connectivity index (χ0v) is 17.4. The van der Waals surface area contributed by atoms with Crippen LogP contribution in [-0.4, -0.2) is 11.1 Å². The zero-order chi connectivity index (χ0) is 15.3. The minimum atomic E-state index is 0. The van der Waals surface area contributed by atoms with Gasteiger partial charge in [-0.15, -0.1) is 17.0 Å². The standard InChI is InChI=1S/C16H30N2OS2.BrH/c1-3-5-7-9-11-13-17-15-18(16(19)21-20-15)14-12-10-8-6-4-2;/h3-14H2,1-2H3;1H. The SMILES string of the molecule is Br.CCCCCCCN=c1ssc(=O)n1CCCCCCC. The van der Waals surface area contributed by atoms with Crippen LogP contribution < -0.4 is 9.67 Å². The average molecular weight is 411 g/mol. The van der Waals surface area contributed by atoms with Crippen molar-refractivity contribution in [3.63, 3.8) is 0 Å². The third-order valence-corrected chi connectivity index (χ3v) is 5.70. The number of unbranched alkanes of at least 4 members (excludes halogenated alkanes) is 8. The van der Waals surface area contributed by atoms with Gasteiger partial charge in [-0.1, -0.05) is 65.2 Å². The van der Waals surface area contributed by atoms with Crippen molar-refractivity contribution in [2.24, 2.45) is 4.99 Å². The monoisotopic (exact) mass is 410 g/mol. The van der Waals surface area contributed by atoms with Crippen LogP contribution in [0, 0.1) is 0 Å². The minimum absolute atomic E-state index is 0. The predicted octanol–water partition coefficient (Wildman–Crippen LogP) is 5.39. The predicted molar refractivity (Wildman–Crippen MR) is 105 cm³/mol. The molecule has 1 heterocycles. The van der Waals surface area contributed by atoms with Crippen molar-refractivity contribution in [3.05, 3.63) is 14.5 Å². The molecule has 6 heteroatoms. The normalized spacial score (nSPS) is 11.6. The summed E-state index contributed by atoms with van der Waals surface area (Å²) in [5.41, 5.74) is 0. The van der Waals surface area contributed by atoms with Crippen LogP contribution >= 0.6 is 37.7 Å². The Kier molecular flexibility index (Phi) is 14.7. The first-order valence-corrected chi connectivity index (χ1v) is 10.6. The van der Waals surface area contributed by atoms with Crippen LogP contribution in [0.5, 0.6) is 0 Å². The molecule has 1 aromatic heterocycles. The summed E-state index contributed by atoms with van der Waals surface area (Å²) in [6.07, 6.45) is 12.5. The molecule has 0 fully saturated rings. The minimum Gasteiger partial charge on any atom is -0.275 e. The van der Waals surface area contributed by atoms with Crippen molar-refractivity contribution in [2.75, 3.05) is 6.54 Å². The van der Waals surface area contributed by atoms with Crippen molar-refractivity contribution in [1.82, 2.24) is 4.57 Å². The fraction of sp³-hybridized carbons (Fsp3) is 0.875. The Bertz CT molecular complexity index is 479. The second-order valence-corrected chi connectivity index (χ2v) is 7.62. The molecule has 0 atom stereocenters. The molecule has 0 saturated carbocycles. The summed E-state index contributed by atoms with van der Waals surface area (Å²) in [6, 6.07) is 0. The van der Waals surface area contributed by atoms with E-state index < -0.39 is 0 Å². The maximum absolute atomic E-state index is 11.9. The lowest BCUT2D eigenvalue weighted by Gasteiger charge is -2.01. The second-order valence-electron chi connectivity index (χ2n) is 5.58. The number of halogens is 1. The van der Waals surface area contributed by atoms with E-state index in [2.05, 4.69) is 18.8 Å². The molecule has 0 bridgehead atoms. The Labute approximate surface area is 152 Å². The van der Waals surface area contributed by atoms with Crippen molar-refractivity contribution in [1.29, 1.82) is 0 Å². The Hall–Kier alpha value is 0.0600. The number of nitrogens with zero attached hydrogens (tertiary/aromatic N) is 2. The summed E-state index contributed by atoms with van der Waals surface area (Å²) in [4.78, 5) is 17.6. The van der Waals surface area contributed by atoms with Gasteiger partial charge >= 0.3 is 4.87 Å². The third kappa shape index (κ3) is 9.26. The molecule has 0 aliphatic rings. The van der Waals surface area contributed by atoms with Crippen LogP contribution in [0.15, 0.2) is 9.79 Å².